The average Bonchev–Trinajstić information content (AvgIpc) is 2.56. The molecule has 0 saturated heterocycles. The summed E-state index contributed by atoms with van der Waals surface area (Å²) < 4.78 is 38.8. The van der Waals surface area contributed by atoms with Crippen LogP contribution in [-0.2, 0) is 11.0 Å². The second kappa shape index (κ2) is 6.60. The maximum Gasteiger partial charge on any atom is 0.416 e. The fourth-order valence-corrected chi connectivity index (χ4v) is 4.00. The van der Waals surface area contributed by atoms with Gasteiger partial charge in [0, 0.05) is 16.2 Å². The van der Waals surface area contributed by atoms with Gasteiger partial charge >= 0.3 is 12.3 Å². The zero-order valence-corrected chi connectivity index (χ0v) is 15.1. The van der Waals surface area contributed by atoms with Gasteiger partial charge in [0.25, 0.3) is 0 Å². The molecule has 0 aromatic heterocycles. The van der Waals surface area contributed by atoms with E-state index >= 15 is 0 Å². The number of benzene rings is 1. The van der Waals surface area contributed by atoms with E-state index in [2.05, 4.69) is 5.32 Å². The molecular formula is C15H16ClF3N2O3S. The first-order chi connectivity index (χ1) is 11.3. The van der Waals surface area contributed by atoms with Crippen LogP contribution in [0.2, 0.25) is 5.02 Å². The van der Waals surface area contributed by atoms with Gasteiger partial charge in [0.2, 0.25) is 5.91 Å². The smallest absolute Gasteiger partial charge is 0.416 e. The first-order valence-corrected chi connectivity index (χ1v) is 8.55. The van der Waals surface area contributed by atoms with E-state index in [1.165, 1.54) is 0 Å². The van der Waals surface area contributed by atoms with Crippen LogP contribution in [0.15, 0.2) is 17.0 Å². The summed E-state index contributed by atoms with van der Waals surface area (Å²) in [4.78, 5) is 25.3. The summed E-state index contributed by atoms with van der Waals surface area (Å²) in [7, 11) is 0. The van der Waals surface area contributed by atoms with E-state index in [0.29, 0.717) is 0 Å². The number of carbonyl (C=O) groups excluding carboxylic acids is 1. The second-order valence-electron chi connectivity index (χ2n) is 6.47. The molecule has 5 nitrogen and oxygen atoms in total. The number of rotatable bonds is 1. The van der Waals surface area contributed by atoms with Crippen LogP contribution >= 0.6 is 23.4 Å². The van der Waals surface area contributed by atoms with E-state index in [9.17, 15) is 27.9 Å². The maximum absolute atomic E-state index is 12.9. The van der Waals surface area contributed by atoms with E-state index in [0.717, 1.165) is 28.8 Å². The molecule has 0 spiro atoms. The summed E-state index contributed by atoms with van der Waals surface area (Å²) >= 11 is 6.99. The molecule has 1 heterocycles. The van der Waals surface area contributed by atoms with Crippen LogP contribution in [0.4, 0.5) is 23.7 Å². The van der Waals surface area contributed by atoms with Crippen LogP contribution in [0.1, 0.15) is 26.3 Å². The minimum atomic E-state index is -4.61. The lowest BCUT2D eigenvalue weighted by atomic mass is 10.0. The number of nitrogens with zero attached hydrogens (tertiary/aromatic N) is 1. The third-order valence-corrected chi connectivity index (χ3v) is 5.18. The number of carboxylic acid groups (broad SMARTS) is 1. The van der Waals surface area contributed by atoms with Gasteiger partial charge in [-0.3, -0.25) is 9.69 Å². The zero-order chi connectivity index (χ0) is 19.2. The molecule has 2 rings (SSSR count). The molecule has 0 bridgehead atoms. The van der Waals surface area contributed by atoms with Crippen LogP contribution in [0, 0.1) is 0 Å². The molecule has 2 N–H and O–H groups in total. The highest BCUT2D eigenvalue weighted by Crippen LogP contribution is 2.42. The highest BCUT2D eigenvalue weighted by atomic mass is 35.5. The summed E-state index contributed by atoms with van der Waals surface area (Å²) in [6, 6.07) is 0.523. The number of hydrogen-bond donors (Lipinski definition) is 2. The Morgan fingerprint density at radius 1 is 1.36 bits per heavy atom. The number of halogens is 4. The van der Waals surface area contributed by atoms with Gasteiger partial charge in [-0.1, -0.05) is 11.6 Å². The predicted molar refractivity (Wildman–Crippen MR) is 89.2 cm³/mol. The first kappa shape index (κ1) is 19.7. The zero-order valence-electron chi connectivity index (χ0n) is 13.6. The molecule has 1 aliphatic rings. The topological polar surface area (TPSA) is 69.6 Å². The molecule has 1 atom stereocenters. The number of hydrogen-bond acceptors (Lipinski definition) is 3. The molecule has 10 heteroatoms. The fourth-order valence-electron chi connectivity index (χ4n) is 2.53. The molecule has 0 radical (unpaired) electrons. The number of nitrogens with one attached hydrogen (secondary N) is 1. The van der Waals surface area contributed by atoms with Crippen molar-refractivity contribution >= 4 is 41.1 Å². The largest absolute Gasteiger partial charge is 0.465 e. The van der Waals surface area contributed by atoms with Crippen LogP contribution in [0.5, 0.6) is 0 Å². The molecule has 0 unspecified atom stereocenters. The van der Waals surface area contributed by atoms with Crippen molar-refractivity contribution in [3.63, 3.8) is 0 Å². The molecule has 2 amide bonds. The van der Waals surface area contributed by atoms with Gasteiger partial charge in [0.1, 0.15) is 6.04 Å². The normalized spacial score (nSPS) is 18.2. The number of fused-ring (bicyclic) bond motifs is 1. The minimum absolute atomic E-state index is 0.0352. The third-order valence-electron chi connectivity index (χ3n) is 3.56. The quantitative estimate of drug-likeness (QED) is 0.730. The van der Waals surface area contributed by atoms with Gasteiger partial charge < -0.3 is 10.4 Å². The lowest BCUT2D eigenvalue weighted by molar-refractivity contribution is -0.137. The Morgan fingerprint density at radius 3 is 2.44 bits per heavy atom. The Kier molecular flexibility index (Phi) is 5.21. The molecule has 1 aromatic carbocycles. The van der Waals surface area contributed by atoms with Gasteiger partial charge in [-0.2, -0.15) is 13.2 Å². The Bertz CT molecular complexity index is 719. The maximum atomic E-state index is 12.9. The number of alkyl halides is 3. The van der Waals surface area contributed by atoms with Crippen molar-refractivity contribution in [2.45, 2.75) is 43.4 Å². The first-order valence-electron chi connectivity index (χ1n) is 7.19. The molecular weight excluding hydrogens is 381 g/mol. The van der Waals surface area contributed by atoms with E-state index in [-0.39, 0.29) is 21.4 Å². The van der Waals surface area contributed by atoms with Crippen molar-refractivity contribution in [2.24, 2.45) is 0 Å². The monoisotopic (exact) mass is 396 g/mol. The summed E-state index contributed by atoms with van der Waals surface area (Å²) in [5.41, 5.74) is -1.93. The molecule has 0 saturated carbocycles. The SMILES string of the molecule is CC(C)(C)N(C(=O)O)[C@H]1CSc2c(Cl)cc(C(F)(F)F)cc2NC1=O. The van der Waals surface area contributed by atoms with Crippen LogP contribution in [-0.4, -0.2) is 39.3 Å². The van der Waals surface area contributed by atoms with Crippen molar-refractivity contribution in [1.82, 2.24) is 4.90 Å². The van der Waals surface area contributed by atoms with E-state index < -0.39 is 35.3 Å². The van der Waals surface area contributed by atoms with Crippen molar-refractivity contribution in [3.05, 3.63) is 22.7 Å². The Balaban J connectivity index is 2.44. The van der Waals surface area contributed by atoms with Gasteiger partial charge in [-0.25, -0.2) is 4.79 Å². The van der Waals surface area contributed by atoms with E-state index in [1.54, 1.807) is 20.8 Å². The van der Waals surface area contributed by atoms with Crippen LogP contribution in [0.3, 0.4) is 0 Å². The third kappa shape index (κ3) is 4.14. The Morgan fingerprint density at radius 2 is 1.96 bits per heavy atom. The summed E-state index contributed by atoms with van der Waals surface area (Å²) in [5, 5.41) is 11.7. The number of amides is 2. The van der Waals surface area contributed by atoms with Gasteiger partial charge in [-0.05, 0) is 32.9 Å². The molecule has 1 aromatic rings. The molecule has 25 heavy (non-hydrogen) atoms. The van der Waals surface area contributed by atoms with Gasteiger partial charge in [0.05, 0.1) is 16.3 Å². The fraction of sp³-hybridized carbons (Fsp3) is 0.467. The highest BCUT2D eigenvalue weighted by Gasteiger charge is 2.40. The minimum Gasteiger partial charge on any atom is -0.465 e. The molecule has 1 aliphatic heterocycles. The highest BCUT2D eigenvalue weighted by molar-refractivity contribution is 7.99. The van der Waals surface area contributed by atoms with Gasteiger partial charge in [-0.15, -0.1) is 11.8 Å². The van der Waals surface area contributed by atoms with E-state index in [4.69, 9.17) is 11.6 Å². The lowest BCUT2D eigenvalue weighted by Crippen LogP contribution is -2.56. The van der Waals surface area contributed by atoms with Crippen molar-refractivity contribution in [2.75, 3.05) is 11.1 Å². The number of carbonyl (C=O) groups is 2. The van der Waals surface area contributed by atoms with Gasteiger partial charge in [0.15, 0.2) is 0 Å². The van der Waals surface area contributed by atoms with Crippen molar-refractivity contribution < 1.29 is 27.9 Å². The summed E-state index contributed by atoms with van der Waals surface area (Å²) in [5.74, 6) is -0.660. The Labute approximate surface area is 151 Å². The summed E-state index contributed by atoms with van der Waals surface area (Å²) in [6.07, 6.45) is -5.90. The van der Waals surface area contributed by atoms with Crippen molar-refractivity contribution in [3.8, 4) is 0 Å². The standard InChI is InChI=1S/C15H16ClF3N2O3S/c1-14(2,3)21(13(23)24)10-6-25-11-8(16)4-7(15(17,18)19)5-9(11)20-12(10)22/h4-5,10H,6H2,1-3H3,(H,20,22)(H,23,24)/t10-/m0/s1. The average molecular weight is 397 g/mol. The predicted octanol–water partition coefficient (Wildman–Crippen LogP) is 4.55. The number of anilines is 1. The second-order valence-corrected chi connectivity index (χ2v) is 7.91. The molecule has 0 fully saturated rings. The molecule has 138 valence electrons. The lowest BCUT2D eigenvalue weighted by Gasteiger charge is -2.37. The van der Waals surface area contributed by atoms with Crippen LogP contribution in [0.25, 0.3) is 0 Å². The van der Waals surface area contributed by atoms with E-state index in [1.807, 2.05) is 0 Å². The summed E-state index contributed by atoms with van der Waals surface area (Å²) in [6.45, 7) is 4.89. The molecule has 0 aliphatic carbocycles. The van der Waals surface area contributed by atoms with Crippen LogP contribution < -0.4 is 5.32 Å². The Hall–Kier alpha value is -1.61. The van der Waals surface area contributed by atoms with Crippen molar-refractivity contribution in [1.29, 1.82) is 0 Å². The number of thioether (sulfide) groups is 1.